The zero-order valence-electron chi connectivity index (χ0n) is 14.6. The fourth-order valence-corrected chi connectivity index (χ4v) is 3.92. The molecular formula is C21H21NO3S. The number of rotatable bonds is 7. The molecule has 0 bridgehead atoms. The molecule has 134 valence electrons. The van der Waals surface area contributed by atoms with Crippen LogP contribution in [0.4, 0.5) is 5.69 Å². The lowest BCUT2D eigenvalue weighted by Crippen LogP contribution is -2.58. The van der Waals surface area contributed by atoms with E-state index in [1.807, 2.05) is 60.7 Å². The molecule has 2 aromatic rings. The van der Waals surface area contributed by atoms with Crippen molar-refractivity contribution in [3.05, 3.63) is 72.8 Å². The Kier molecular flexibility index (Phi) is 5.78. The van der Waals surface area contributed by atoms with Crippen LogP contribution in [0.15, 0.2) is 72.1 Å². The standard InChI is InChI=1S/C21H21NO3S/c1-3-14-26-17-13-9-8-12-16(17)22-19(15-10-6-5-7-11-15)18(20(22)23)21(24)25-4-2/h3,5-13,18-19H,1,4,14H2,2H3/t18-,19-/m0/s1. The van der Waals surface area contributed by atoms with Crippen molar-refractivity contribution < 1.29 is 14.3 Å². The topological polar surface area (TPSA) is 46.6 Å². The van der Waals surface area contributed by atoms with Crippen LogP contribution in [0.25, 0.3) is 0 Å². The van der Waals surface area contributed by atoms with Crippen molar-refractivity contribution in [2.45, 2.75) is 17.9 Å². The molecule has 1 aliphatic rings. The molecular weight excluding hydrogens is 346 g/mol. The normalized spacial score (nSPS) is 19.0. The summed E-state index contributed by atoms with van der Waals surface area (Å²) in [5, 5.41) is 0. The summed E-state index contributed by atoms with van der Waals surface area (Å²) in [6, 6.07) is 17.0. The van der Waals surface area contributed by atoms with Gasteiger partial charge in [0, 0.05) is 10.6 Å². The molecule has 0 N–H and O–H groups in total. The van der Waals surface area contributed by atoms with Crippen LogP contribution in [-0.2, 0) is 14.3 Å². The van der Waals surface area contributed by atoms with Gasteiger partial charge >= 0.3 is 5.97 Å². The van der Waals surface area contributed by atoms with E-state index in [-0.39, 0.29) is 18.6 Å². The third kappa shape index (κ3) is 3.40. The Morgan fingerprint density at radius 3 is 2.58 bits per heavy atom. The summed E-state index contributed by atoms with van der Waals surface area (Å²) in [6.45, 7) is 5.76. The van der Waals surface area contributed by atoms with E-state index in [4.69, 9.17) is 4.74 Å². The summed E-state index contributed by atoms with van der Waals surface area (Å²) >= 11 is 1.62. The summed E-state index contributed by atoms with van der Waals surface area (Å²) in [5.74, 6) is -0.728. The van der Waals surface area contributed by atoms with Crippen molar-refractivity contribution in [1.29, 1.82) is 0 Å². The Labute approximate surface area is 157 Å². The predicted octanol–water partition coefficient (Wildman–Crippen LogP) is 4.23. The monoisotopic (exact) mass is 367 g/mol. The number of benzene rings is 2. The van der Waals surface area contributed by atoms with E-state index >= 15 is 0 Å². The maximum atomic E-state index is 12.9. The molecule has 2 aromatic carbocycles. The second-order valence-electron chi connectivity index (χ2n) is 5.86. The van der Waals surface area contributed by atoms with Crippen LogP contribution >= 0.6 is 11.8 Å². The van der Waals surface area contributed by atoms with Gasteiger partial charge < -0.3 is 9.64 Å². The number of β-lactam (4-membered cyclic amide) rings is 1. The van der Waals surface area contributed by atoms with Crippen molar-refractivity contribution in [3.63, 3.8) is 0 Å². The molecule has 2 atom stereocenters. The number of nitrogens with zero attached hydrogens (tertiary/aromatic N) is 1. The van der Waals surface area contributed by atoms with Crippen LogP contribution in [-0.4, -0.2) is 24.2 Å². The Bertz CT molecular complexity index is 806. The Balaban J connectivity index is 1.99. The second-order valence-corrected chi connectivity index (χ2v) is 6.92. The number of esters is 1. The third-order valence-electron chi connectivity index (χ3n) is 4.26. The molecule has 3 rings (SSSR count). The number of anilines is 1. The van der Waals surface area contributed by atoms with Crippen LogP contribution in [0.1, 0.15) is 18.5 Å². The number of hydrogen-bond acceptors (Lipinski definition) is 4. The molecule has 1 aliphatic heterocycles. The maximum absolute atomic E-state index is 12.9. The Morgan fingerprint density at radius 2 is 1.88 bits per heavy atom. The minimum Gasteiger partial charge on any atom is -0.465 e. The molecule has 26 heavy (non-hydrogen) atoms. The third-order valence-corrected chi connectivity index (χ3v) is 5.32. The van der Waals surface area contributed by atoms with Gasteiger partial charge in [0.1, 0.15) is 0 Å². The molecule has 0 aliphatic carbocycles. The minimum atomic E-state index is -0.796. The lowest BCUT2D eigenvalue weighted by Gasteiger charge is -2.46. The van der Waals surface area contributed by atoms with E-state index in [2.05, 4.69) is 6.58 Å². The highest BCUT2D eigenvalue weighted by atomic mass is 32.2. The highest BCUT2D eigenvalue weighted by molar-refractivity contribution is 7.99. The average Bonchev–Trinajstić information content (AvgIpc) is 2.66. The molecule has 5 heteroatoms. The summed E-state index contributed by atoms with van der Waals surface area (Å²) in [4.78, 5) is 27.9. The number of carbonyl (C=O) groups is 2. The predicted molar refractivity (Wildman–Crippen MR) is 104 cm³/mol. The molecule has 4 nitrogen and oxygen atoms in total. The van der Waals surface area contributed by atoms with E-state index in [1.54, 1.807) is 23.6 Å². The van der Waals surface area contributed by atoms with E-state index in [1.165, 1.54) is 0 Å². The zero-order valence-corrected chi connectivity index (χ0v) is 15.4. The summed E-state index contributed by atoms with van der Waals surface area (Å²) in [6.07, 6.45) is 1.83. The van der Waals surface area contributed by atoms with E-state index in [0.29, 0.717) is 0 Å². The highest BCUT2D eigenvalue weighted by Gasteiger charge is 2.54. The van der Waals surface area contributed by atoms with Gasteiger partial charge in [-0.2, -0.15) is 0 Å². The second kappa shape index (κ2) is 8.23. The Morgan fingerprint density at radius 1 is 1.19 bits per heavy atom. The van der Waals surface area contributed by atoms with Crippen molar-refractivity contribution in [2.24, 2.45) is 5.92 Å². The lowest BCUT2D eigenvalue weighted by atomic mass is 9.81. The summed E-state index contributed by atoms with van der Waals surface area (Å²) in [7, 11) is 0. The molecule has 0 unspecified atom stereocenters. The quantitative estimate of drug-likeness (QED) is 0.242. The number of carbonyl (C=O) groups excluding carboxylic acids is 2. The molecule has 1 fully saturated rings. The van der Waals surface area contributed by atoms with Crippen LogP contribution in [0.2, 0.25) is 0 Å². The number of amides is 1. The molecule has 0 saturated carbocycles. The number of hydrogen-bond donors (Lipinski definition) is 0. The fraction of sp³-hybridized carbons (Fsp3) is 0.238. The first-order valence-electron chi connectivity index (χ1n) is 8.56. The van der Waals surface area contributed by atoms with Gasteiger partial charge in [0.25, 0.3) is 0 Å². The van der Waals surface area contributed by atoms with E-state index in [9.17, 15) is 9.59 Å². The van der Waals surface area contributed by atoms with Gasteiger partial charge in [0.05, 0.1) is 18.3 Å². The van der Waals surface area contributed by atoms with Crippen LogP contribution in [0.3, 0.4) is 0 Å². The van der Waals surface area contributed by atoms with E-state index in [0.717, 1.165) is 21.9 Å². The lowest BCUT2D eigenvalue weighted by molar-refractivity contribution is -0.157. The van der Waals surface area contributed by atoms with Gasteiger partial charge in [0.15, 0.2) is 5.92 Å². The average molecular weight is 367 g/mol. The highest BCUT2D eigenvalue weighted by Crippen LogP contribution is 2.46. The number of ether oxygens (including phenoxy) is 1. The fourth-order valence-electron chi connectivity index (χ4n) is 3.14. The number of thioether (sulfide) groups is 1. The molecule has 0 spiro atoms. The summed E-state index contributed by atoms with van der Waals surface area (Å²) in [5.41, 5.74) is 1.74. The number of para-hydroxylation sites is 1. The van der Waals surface area contributed by atoms with Gasteiger partial charge in [-0.25, -0.2) is 0 Å². The minimum absolute atomic E-state index is 0.219. The smallest absolute Gasteiger partial charge is 0.321 e. The van der Waals surface area contributed by atoms with Crippen molar-refractivity contribution in [3.8, 4) is 0 Å². The first kappa shape index (κ1) is 18.3. The van der Waals surface area contributed by atoms with Crippen molar-refractivity contribution in [2.75, 3.05) is 17.3 Å². The Hall–Kier alpha value is -2.53. The van der Waals surface area contributed by atoms with E-state index < -0.39 is 11.9 Å². The molecule has 1 heterocycles. The largest absolute Gasteiger partial charge is 0.465 e. The molecule has 0 radical (unpaired) electrons. The summed E-state index contributed by atoms with van der Waals surface area (Å²) < 4.78 is 5.14. The van der Waals surface area contributed by atoms with Crippen LogP contribution in [0.5, 0.6) is 0 Å². The maximum Gasteiger partial charge on any atom is 0.321 e. The molecule has 0 aromatic heterocycles. The van der Waals surface area contributed by atoms with Gasteiger partial charge in [-0.1, -0.05) is 48.5 Å². The van der Waals surface area contributed by atoms with Gasteiger partial charge in [-0.05, 0) is 24.6 Å². The first-order valence-corrected chi connectivity index (χ1v) is 9.55. The van der Waals surface area contributed by atoms with Gasteiger partial charge in [-0.15, -0.1) is 18.3 Å². The first-order chi connectivity index (χ1) is 12.7. The van der Waals surface area contributed by atoms with Crippen LogP contribution in [0, 0.1) is 5.92 Å². The van der Waals surface area contributed by atoms with Gasteiger partial charge in [0.2, 0.25) is 5.91 Å². The van der Waals surface area contributed by atoms with Crippen molar-refractivity contribution >= 4 is 29.3 Å². The SMILES string of the molecule is C=CCSc1ccccc1N1C(=O)[C@@H](C(=O)OCC)[C@@H]1c1ccccc1. The zero-order chi connectivity index (χ0) is 18.5. The van der Waals surface area contributed by atoms with Crippen molar-refractivity contribution in [1.82, 2.24) is 0 Å². The van der Waals surface area contributed by atoms with Crippen LogP contribution < -0.4 is 4.90 Å². The molecule has 1 saturated heterocycles. The molecule has 1 amide bonds. The van der Waals surface area contributed by atoms with Gasteiger partial charge in [-0.3, -0.25) is 9.59 Å².